The first-order valence-corrected chi connectivity index (χ1v) is 8.80. The molecule has 0 spiro atoms. The van der Waals surface area contributed by atoms with Gasteiger partial charge in [-0.1, -0.05) is 12.1 Å². The highest BCUT2D eigenvalue weighted by Gasteiger charge is 2.09. The van der Waals surface area contributed by atoms with Gasteiger partial charge in [0.2, 0.25) is 0 Å². The lowest BCUT2D eigenvalue weighted by Gasteiger charge is -2.16. The summed E-state index contributed by atoms with van der Waals surface area (Å²) in [5.41, 5.74) is 0.707. The molecule has 2 aromatic rings. The van der Waals surface area contributed by atoms with Crippen molar-refractivity contribution in [1.29, 1.82) is 0 Å². The Kier molecular flexibility index (Phi) is 8.16. The molecule has 28 heavy (non-hydrogen) atoms. The summed E-state index contributed by atoms with van der Waals surface area (Å²) in [5, 5.41) is 26.7. The van der Waals surface area contributed by atoms with Gasteiger partial charge in [-0.3, -0.25) is 10.1 Å². The Balaban J connectivity index is 1.81. The highest BCUT2D eigenvalue weighted by Crippen LogP contribution is 2.17. The number of aliphatic imine (C=N–C) groups is 1. The molecule has 0 saturated carbocycles. The highest BCUT2D eigenvalue weighted by molar-refractivity contribution is 5.79. The molecule has 1 atom stereocenters. The molecular formula is C19H23FN4O4. The molecular weight excluding hydrogens is 367 g/mol. The Morgan fingerprint density at radius 1 is 1.29 bits per heavy atom. The Morgan fingerprint density at radius 2 is 2.04 bits per heavy atom. The van der Waals surface area contributed by atoms with Gasteiger partial charge in [0.15, 0.2) is 5.96 Å². The summed E-state index contributed by atoms with van der Waals surface area (Å²) in [7, 11) is 0. The van der Waals surface area contributed by atoms with Crippen LogP contribution in [0.4, 0.5) is 10.1 Å². The van der Waals surface area contributed by atoms with Gasteiger partial charge in [0.05, 0.1) is 11.5 Å². The lowest BCUT2D eigenvalue weighted by atomic mass is 10.2. The van der Waals surface area contributed by atoms with Crippen LogP contribution in [0, 0.1) is 15.9 Å². The van der Waals surface area contributed by atoms with Gasteiger partial charge in [-0.25, -0.2) is 9.38 Å². The van der Waals surface area contributed by atoms with Crippen molar-refractivity contribution in [2.75, 3.05) is 19.7 Å². The van der Waals surface area contributed by atoms with Crippen molar-refractivity contribution < 1.29 is 19.2 Å². The minimum atomic E-state index is -0.826. The number of benzene rings is 2. The van der Waals surface area contributed by atoms with Gasteiger partial charge in [-0.15, -0.1) is 0 Å². The summed E-state index contributed by atoms with van der Waals surface area (Å²) in [6.07, 6.45) is -0.826. The molecule has 2 aromatic carbocycles. The van der Waals surface area contributed by atoms with Crippen LogP contribution < -0.4 is 15.4 Å². The number of nitrogens with one attached hydrogen (secondary N) is 2. The third kappa shape index (κ3) is 7.20. The maximum absolute atomic E-state index is 13.2. The van der Waals surface area contributed by atoms with E-state index in [1.165, 1.54) is 36.4 Å². The second-order valence-corrected chi connectivity index (χ2v) is 5.92. The number of non-ortho nitro benzene ring substituents is 1. The molecule has 3 N–H and O–H groups in total. The van der Waals surface area contributed by atoms with Crippen molar-refractivity contribution in [2.24, 2.45) is 4.99 Å². The Bertz CT molecular complexity index is 799. The number of nitro groups is 1. The van der Waals surface area contributed by atoms with Crippen LogP contribution in [0.3, 0.4) is 0 Å². The Morgan fingerprint density at radius 3 is 2.68 bits per heavy atom. The molecule has 0 aliphatic rings. The normalized spacial score (nSPS) is 12.3. The highest BCUT2D eigenvalue weighted by atomic mass is 19.1. The zero-order valence-electron chi connectivity index (χ0n) is 15.5. The first kappa shape index (κ1) is 21.1. The zero-order chi connectivity index (χ0) is 20.4. The number of aliphatic hydroxyl groups excluding tert-OH is 1. The number of rotatable bonds is 9. The Labute approximate surface area is 162 Å². The Hall–Kier alpha value is -3.20. The van der Waals surface area contributed by atoms with E-state index >= 15 is 0 Å². The van der Waals surface area contributed by atoms with E-state index in [-0.39, 0.29) is 24.7 Å². The SMILES string of the molecule is CCNC(=NCc1cccc(F)c1)NCC(O)COc1ccc([N+](=O)[O-])cc1. The van der Waals surface area contributed by atoms with Crippen LogP contribution in [0.25, 0.3) is 0 Å². The maximum atomic E-state index is 13.2. The van der Waals surface area contributed by atoms with Crippen LogP contribution in [0.15, 0.2) is 53.5 Å². The fourth-order valence-corrected chi connectivity index (χ4v) is 2.28. The molecule has 1 unspecified atom stereocenters. The van der Waals surface area contributed by atoms with E-state index in [0.717, 1.165) is 5.56 Å². The van der Waals surface area contributed by atoms with E-state index in [1.807, 2.05) is 6.92 Å². The summed E-state index contributed by atoms with van der Waals surface area (Å²) in [6.45, 7) is 3.02. The second-order valence-electron chi connectivity index (χ2n) is 5.92. The quantitative estimate of drug-likeness (QED) is 0.262. The third-order valence-corrected chi connectivity index (χ3v) is 3.65. The van der Waals surface area contributed by atoms with Crippen molar-refractivity contribution in [2.45, 2.75) is 19.6 Å². The molecule has 2 rings (SSSR count). The van der Waals surface area contributed by atoms with Crippen LogP contribution >= 0.6 is 0 Å². The number of ether oxygens (including phenoxy) is 1. The third-order valence-electron chi connectivity index (χ3n) is 3.65. The zero-order valence-corrected chi connectivity index (χ0v) is 15.5. The number of hydrogen-bond donors (Lipinski definition) is 3. The van der Waals surface area contributed by atoms with Crippen LogP contribution in [0.2, 0.25) is 0 Å². The average Bonchev–Trinajstić information content (AvgIpc) is 2.69. The van der Waals surface area contributed by atoms with Gasteiger partial charge in [0.25, 0.3) is 5.69 Å². The summed E-state index contributed by atoms with van der Waals surface area (Å²) < 4.78 is 18.6. The van der Waals surface area contributed by atoms with Crippen LogP contribution in [-0.4, -0.2) is 41.8 Å². The lowest BCUT2D eigenvalue weighted by molar-refractivity contribution is -0.384. The van der Waals surface area contributed by atoms with E-state index < -0.39 is 11.0 Å². The fraction of sp³-hybridized carbons (Fsp3) is 0.316. The number of nitro benzene ring substituents is 1. The molecule has 150 valence electrons. The summed E-state index contributed by atoms with van der Waals surface area (Å²) in [6, 6.07) is 11.8. The molecule has 0 aliphatic carbocycles. The molecule has 0 saturated heterocycles. The van der Waals surface area contributed by atoms with Gasteiger partial charge in [-0.05, 0) is 36.8 Å². The summed E-state index contributed by atoms with van der Waals surface area (Å²) in [5.74, 6) is 0.599. The van der Waals surface area contributed by atoms with Gasteiger partial charge < -0.3 is 20.5 Å². The molecule has 0 aliphatic heterocycles. The topological polar surface area (TPSA) is 109 Å². The standard InChI is InChI=1S/C19H23FN4O4/c1-2-21-19(22-11-14-4-3-5-15(20)10-14)23-12-17(25)13-28-18-8-6-16(7-9-18)24(26)27/h3-10,17,25H,2,11-13H2,1H3,(H2,21,22,23). The number of halogens is 1. The number of hydrogen-bond acceptors (Lipinski definition) is 5. The molecule has 0 heterocycles. The average molecular weight is 390 g/mol. The van der Waals surface area contributed by atoms with Gasteiger partial charge >= 0.3 is 0 Å². The molecule has 0 aromatic heterocycles. The maximum Gasteiger partial charge on any atom is 0.269 e. The monoisotopic (exact) mass is 390 g/mol. The minimum Gasteiger partial charge on any atom is -0.491 e. The van der Waals surface area contributed by atoms with Crippen LogP contribution in [-0.2, 0) is 6.54 Å². The molecule has 0 amide bonds. The van der Waals surface area contributed by atoms with Gasteiger partial charge in [0.1, 0.15) is 24.3 Å². The number of aliphatic hydroxyl groups is 1. The summed E-state index contributed by atoms with van der Waals surface area (Å²) in [4.78, 5) is 14.5. The minimum absolute atomic E-state index is 0.00805. The summed E-state index contributed by atoms with van der Waals surface area (Å²) >= 11 is 0. The molecule has 0 fully saturated rings. The van der Waals surface area contributed by atoms with Crippen LogP contribution in [0.5, 0.6) is 5.75 Å². The smallest absolute Gasteiger partial charge is 0.269 e. The molecule has 9 heteroatoms. The number of guanidine groups is 1. The van der Waals surface area contributed by atoms with Crippen molar-refractivity contribution in [3.63, 3.8) is 0 Å². The largest absolute Gasteiger partial charge is 0.491 e. The van der Waals surface area contributed by atoms with E-state index in [9.17, 15) is 19.6 Å². The molecule has 0 bridgehead atoms. The number of nitrogens with zero attached hydrogens (tertiary/aromatic N) is 2. The van der Waals surface area contributed by atoms with Crippen molar-refractivity contribution in [3.05, 3.63) is 70.0 Å². The lowest BCUT2D eigenvalue weighted by Crippen LogP contribution is -2.42. The van der Waals surface area contributed by atoms with Gasteiger partial charge in [-0.2, -0.15) is 0 Å². The molecule has 8 nitrogen and oxygen atoms in total. The van der Waals surface area contributed by atoms with Crippen molar-refractivity contribution >= 4 is 11.6 Å². The van der Waals surface area contributed by atoms with E-state index in [4.69, 9.17) is 4.74 Å². The second kappa shape index (κ2) is 10.8. The predicted molar refractivity (Wildman–Crippen MR) is 104 cm³/mol. The first-order valence-electron chi connectivity index (χ1n) is 8.80. The van der Waals surface area contributed by atoms with E-state index in [2.05, 4.69) is 15.6 Å². The molecule has 0 radical (unpaired) electrons. The van der Waals surface area contributed by atoms with E-state index in [1.54, 1.807) is 12.1 Å². The van der Waals surface area contributed by atoms with Gasteiger partial charge in [0, 0.05) is 25.2 Å². The fourth-order valence-electron chi connectivity index (χ4n) is 2.28. The van der Waals surface area contributed by atoms with Crippen molar-refractivity contribution in [1.82, 2.24) is 10.6 Å². The predicted octanol–water partition coefficient (Wildman–Crippen LogP) is 2.23. The van der Waals surface area contributed by atoms with E-state index in [0.29, 0.717) is 24.8 Å². The first-order chi connectivity index (χ1) is 13.5. The van der Waals surface area contributed by atoms with Crippen molar-refractivity contribution in [3.8, 4) is 5.75 Å². The van der Waals surface area contributed by atoms with Crippen LogP contribution in [0.1, 0.15) is 12.5 Å².